The average Bonchev–Trinajstić information content (AvgIpc) is 3.15. The van der Waals surface area contributed by atoms with Gasteiger partial charge in [-0.25, -0.2) is 4.98 Å². The fourth-order valence-electron chi connectivity index (χ4n) is 3.08. The summed E-state index contributed by atoms with van der Waals surface area (Å²) < 4.78 is 7.41. The molecule has 0 spiro atoms. The Kier molecular flexibility index (Phi) is 6.08. The normalized spacial score (nSPS) is 14.5. The third-order valence-electron chi connectivity index (χ3n) is 4.66. The number of thioether (sulfide) groups is 1. The summed E-state index contributed by atoms with van der Waals surface area (Å²) in [5.74, 6) is 1.48. The number of carbonyl (C=O) groups excluding carboxylic acids is 1. The van der Waals surface area contributed by atoms with Gasteiger partial charge in [0.05, 0.1) is 23.1 Å². The first-order valence-electron chi connectivity index (χ1n) is 8.98. The summed E-state index contributed by atoms with van der Waals surface area (Å²) in [5.41, 5.74) is 1.03. The first-order chi connectivity index (χ1) is 13.6. The van der Waals surface area contributed by atoms with Crippen LogP contribution in [0.2, 0.25) is 0 Å². The predicted molar refractivity (Wildman–Crippen MR) is 120 cm³/mol. The first-order valence-corrected chi connectivity index (χ1v) is 11.6. The number of carbonyl (C=O) groups is 1. The molecule has 3 aromatic rings. The lowest BCUT2D eigenvalue weighted by Gasteiger charge is -2.34. The number of thiazole rings is 1. The molecule has 0 aliphatic carbocycles. The molecule has 1 aromatic heterocycles. The van der Waals surface area contributed by atoms with Crippen LogP contribution in [-0.2, 0) is 4.79 Å². The molecule has 1 amide bonds. The topological polar surface area (TPSA) is 45.7 Å². The SMILES string of the molecule is COc1ccc(SCC(=O)N2CCN(c3nc4ccc(Br)cc4s3)CC2)cc1. The van der Waals surface area contributed by atoms with Gasteiger partial charge in [-0.05, 0) is 42.5 Å². The van der Waals surface area contributed by atoms with Crippen LogP contribution in [0.15, 0.2) is 51.8 Å². The standard InChI is InChI=1S/C20H20BrN3O2S2/c1-26-15-3-5-16(6-4-15)27-13-19(25)23-8-10-24(11-9-23)20-22-17-7-2-14(21)12-18(17)28-20/h2-7,12H,8-11,13H2,1H3. The molecular weight excluding hydrogens is 458 g/mol. The van der Waals surface area contributed by atoms with Crippen molar-refractivity contribution < 1.29 is 9.53 Å². The van der Waals surface area contributed by atoms with E-state index in [0.29, 0.717) is 5.75 Å². The van der Waals surface area contributed by atoms with Crippen molar-refractivity contribution in [2.45, 2.75) is 4.90 Å². The molecule has 0 N–H and O–H groups in total. The maximum absolute atomic E-state index is 12.6. The summed E-state index contributed by atoms with van der Waals surface area (Å²) >= 11 is 6.79. The molecule has 2 aromatic carbocycles. The van der Waals surface area contributed by atoms with E-state index in [1.165, 1.54) is 4.70 Å². The lowest BCUT2D eigenvalue weighted by molar-refractivity contribution is -0.128. The van der Waals surface area contributed by atoms with Crippen LogP contribution in [0.1, 0.15) is 0 Å². The number of nitrogens with zero attached hydrogens (tertiary/aromatic N) is 3. The number of hydrogen-bond acceptors (Lipinski definition) is 6. The molecule has 8 heteroatoms. The van der Waals surface area contributed by atoms with Gasteiger partial charge in [0.25, 0.3) is 0 Å². The van der Waals surface area contributed by atoms with Crippen LogP contribution in [0.5, 0.6) is 5.75 Å². The summed E-state index contributed by atoms with van der Waals surface area (Å²) in [6.45, 7) is 3.11. The number of aromatic nitrogens is 1. The molecule has 4 rings (SSSR count). The molecule has 1 aliphatic rings. The van der Waals surface area contributed by atoms with Crippen LogP contribution < -0.4 is 9.64 Å². The van der Waals surface area contributed by atoms with Gasteiger partial charge in [-0.2, -0.15) is 0 Å². The van der Waals surface area contributed by atoms with E-state index in [-0.39, 0.29) is 5.91 Å². The molecule has 0 radical (unpaired) electrons. The second kappa shape index (κ2) is 8.71. The van der Waals surface area contributed by atoms with Gasteiger partial charge in [-0.15, -0.1) is 11.8 Å². The van der Waals surface area contributed by atoms with E-state index in [1.54, 1.807) is 30.2 Å². The zero-order valence-electron chi connectivity index (χ0n) is 15.4. The highest BCUT2D eigenvalue weighted by atomic mass is 79.9. The summed E-state index contributed by atoms with van der Waals surface area (Å²) in [5, 5.41) is 1.04. The van der Waals surface area contributed by atoms with E-state index in [4.69, 9.17) is 9.72 Å². The average molecular weight is 478 g/mol. The van der Waals surface area contributed by atoms with Crippen LogP contribution in [0.3, 0.4) is 0 Å². The molecule has 146 valence electrons. The molecule has 0 atom stereocenters. The smallest absolute Gasteiger partial charge is 0.233 e. The highest BCUT2D eigenvalue weighted by Crippen LogP contribution is 2.31. The Bertz CT molecular complexity index is 969. The molecular formula is C20H20BrN3O2S2. The Morgan fingerprint density at radius 1 is 1.18 bits per heavy atom. The Balaban J connectivity index is 1.30. The van der Waals surface area contributed by atoms with Gasteiger partial charge >= 0.3 is 0 Å². The molecule has 1 saturated heterocycles. The van der Waals surface area contributed by atoms with Crippen molar-refractivity contribution in [2.24, 2.45) is 0 Å². The number of benzene rings is 2. The fourth-order valence-corrected chi connectivity index (χ4v) is 5.45. The molecule has 2 heterocycles. The van der Waals surface area contributed by atoms with E-state index in [9.17, 15) is 4.79 Å². The van der Waals surface area contributed by atoms with Crippen LogP contribution in [0.4, 0.5) is 5.13 Å². The number of piperazine rings is 1. The summed E-state index contributed by atoms with van der Waals surface area (Å²) in [4.78, 5) is 22.6. The number of anilines is 1. The molecule has 5 nitrogen and oxygen atoms in total. The minimum Gasteiger partial charge on any atom is -0.497 e. The molecule has 0 saturated carbocycles. The van der Waals surface area contributed by atoms with Crippen molar-refractivity contribution in [3.63, 3.8) is 0 Å². The van der Waals surface area contributed by atoms with Crippen molar-refractivity contribution >= 4 is 60.3 Å². The Hall–Kier alpha value is -1.77. The van der Waals surface area contributed by atoms with E-state index in [2.05, 4.69) is 26.9 Å². The number of rotatable bonds is 5. The van der Waals surface area contributed by atoms with E-state index in [1.807, 2.05) is 41.3 Å². The molecule has 28 heavy (non-hydrogen) atoms. The number of fused-ring (bicyclic) bond motifs is 1. The maximum Gasteiger partial charge on any atom is 0.233 e. The van der Waals surface area contributed by atoms with E-state index >= 15 is 0 Å². The number of methoxy groups -OCH3 is 1. The maximum atomic E-state index is 12.6. The third-order valence-corrected chi connectivity index (χ3v) is 7.23. The second-order valence-electron chi connectivity index (χ2n) is 6.44. The van der Waals surface area contributed by atoms with Crippen molar-refractivity contribution in [1.82, 2.24) is 9.88 Å². The highest BCUT2D eigenvalue weighted by molar-refractivity contribution is 9.10. The Morgan fingerprint density at radius 3 is 2.64 bits per heavy atom. The highest BCUT2D eigenvalue weighted by Gasteiger charge is 2.23. The molecule has 1 fully saturated rings. The van der Waals surface area contributed by atoms with Gasteiger partial charge < -0.3 is 14.5 Å². The number of ether oxygens (including phenoxy) is 1. The van der Waals surface area contributed by atoms with Crippen molar-refractivity contribution in [3.05, 3.63) is 46.9 Å². The minimum absolute atomic E-state index is 0.189. The van der Waals surface area contributed by atoms with Crippen molar-refractivity contribution in [1.29, 1.82) is 0 Å². The second-order valence-corrected chi connectivity index (χ2v) is 9.41. The van der Waals surface area contributed by atoms with Gasteiger partial charge in [0.1, 0.15) is 5.75 Å². The fraction of sp³-hybridized carbons (Fsp3) is 0.300. The Morgan fingerprint density at radius 2 is 1.93 bits per heavy atom. The number of hydrogen-bond donors (Lipinski definition) is 0. The molecule has 1 aliphatic heterocycles. The van der Waals surface area contributed by atoms with Crippen molar-refractivity contribution in [2.75, 3.05) is 43.9 Å². The zero-order chi connectivity index (χ0) is 19.5. The summed E-state index contributed by atoms with van der Waals surface area (Å²) in [6, 6.07) is 14.0. The quantitative estimate of drug-likeness (QED) is 0.505. The predicted octanol–water partition coefficient (Wildman–Crippen LogP) is 4.51. The lowest BCUT2D eigenvalue weighted by Crippen LogP contribution is -2.49. The monoisotopic (exact) mass is 477 g/mol. The van der Waals surface area contributed by atoms with Gasteiger partial charge in [0.15, 0.2) is 5.13 Å². The van der Waals surface area contributed by atoms with Crippen LogP contribution in [0.25, 0.3) is 10.2 Å². The van der Waals surface area contributed by atoms with Crippen LogP contribution in [0, 0.1) is 0 Å². The van der Waals surface area contributed by atoms with E-state index in [0.717, 1.165) is 51.9 Å². The van der Waals surface area contributed by atoms with E-state index < -0.39 is 0 Å². The first kappa shape index (κ1) is 19.5. The van der Waals surface area contributed by atoms with Crippen LogP contribution >= 0.6 is 39.0 Å². The van der Waals surface area contributed by atoms with Gasteiger partial charge in [0, 0.05) is 35.5 Å². The molecule has 0 bridgehead atoms. The van der Waals surface area contributed by atoms with Gasteiger partial charge in [0.2, 0.25) is 5.91 Å². The van der Waals surface area contributed by atoms with Gasteiger partial charge in [-0.1, -0.05) is 27.3 Å². The van der Waals surface area contributed by atoms with Crippen LogP contribution in [-0.4, -0.2) is 54.8 Å². The zero-order valence-corrected chi connectivity index (χ0v) is 18.6. The number of halogens is 1. The lowest BCUT2D eigenvalue weighted by atomic mass is 10.3. The number of amides is 1. The summed E-state index contributed by atoms with van der Waals surface area (Å²) in [6.07, 6.45) is 0. The Labute approximate surface area is 180 Å². The minimum atomic E-state index is 0.189. The van der Waals surface area contributed by atoms with Gasteiger partial charge in [-0.3, -0.25) is 4.79 Å². The van der Waals surface area contributed by atoms with Crippen molar-refractivity contribution in [3.8, 4) is 5.75 Å². The third kappa shape index (κ3) is 4.45. The largest absolute Gasteiger partial charge is 0.497 e. The summed E-state index contributed by atoms with van der Waals surface area (Å²) in [7, 11) is 1.65. The molecule has 0 unspecified atom stereocenters.